The van der Waals surface area contributed by atoms with E-state index in [2.05, 4.69) is 45.3 Å². The highest BCUT2D eigenvalue weighted by atomic mass is 32.1. The molecule has 0 aliphatic heterocycles. The molecule has 0 bridgehead atoms. The average Bonchev–Trinajstić information content (AvgIpc) is 1.62. The Morgan fingerprint density at radius 1 is 1.50 bits per heavy atom. The summed E-state index contributed by atoms with van der Waals surface area (Å²) in [4.78, 5) is 2.21. The van der Waals surface area contributed by atoms with Gasteiger partial charge in [0.25, 0.3) is 0 Å². The van der Waals surface area contributed by atoms with E-state index in [-0.39, 0.29) is 4.87 Å². The molecule has 0 N–H and O–H groups in total. The van der Waals surface area contributed by atoms with Gasteiger partial charge in [0.15, 0.2) is 0 Å². The van der Waals surface area contributed by atoms with Crippen molar-refractivity contribution in [1.29, 1.82) is 0 Å². The van der Waals surface area contributed by atoms with Crippen LogP contribution < -0.4 is 0 Å². The third kappa shape index (κ3) is 2.58. The van der Waals surface area contributed by atoms with Crippen molar-refractivity contribution in [2.45, 2.75) is 25.6 Å². The lowest BCUT2D eigenvalue weighted by Crippen LogP contribution is -2.35. The summed E-state index contributed by atoms with van der Waals surface area (Å²) in [7, 11) is 2.06. The van der Waals surface area contributed by atoms with Crippen molar-refractivity contribution in [3.8, 4) is 0 Å². The second kappa shape index (κ2) is 2.74. The standard InChI is InChI=1S/C6H15NS/c1-5-7(4)6(2,3)8/h8H,5H2,1-4H3. The number of rotatable bonds is 2. The molecule has 8 heavy (non-hydrogen) atoms. The predicted molar refractivity (Wildman–Crippen MR) is 41.4 cm³/mol. The molecular weight excluding hydrogens is 118 g/mol. The Balaban J connectivity index is 3.62. The summed E-state index contributed by atoms with van der Waals surface area (Å²) in [5, 5.41) is 0. The van der Waals surface area contributed by atoms with Gasteiger partial charge >= 0.3 is 0 Å². The Hall–Kier alpha value is 0.310. The van der Waals surface area contributed by atoms with E-state index in [4.69, 9.17) is 0 Å². The molecule has 0 atom stereocenters. The van der Waals surface area contributed by atoms with Crippen LogP contribution in [0.5, 0.6) is 0 Å². The van der Waals surface area contributed by atoms with E-state index in [1.54, 1.807) is 0 Å². The summed E-state index contributed by atoms with van der Waals surface area (Å²) in [5.41, 5.74) is 0. The van der Waals surface area contributed by atoms with E-state index in [0.717, 1.165) is 6.54 Å². The van der Waals surface area contributed by atoms with Crippen LogP contribution in [0.2, 0.25) is 0 Å². The van der Waals surface area contributed by atoms with Gasteiger partial charge in [-0.3, -0.25) is 4.90 Å². The van der Waals surface area contributed by atoms with Gasteiger partial charge in [0.1, 0.15) is 0 Å². The topological polar surface area (TPSA) is 3.24 Å². The van der Waals surface area contributed by atoms with Gasteiger partial charge in [-0.15, -0.1) is 0 Å². The molecule has 0 heterocycles. The van der Waals surface area contributed by atoms with Gasteiger partial charge in [-0.05, 0) is 27.4 Å². The molecule has 0 spiro atoms. The fraction of sp³-hybridized carbons (Fsp3) is 1.00. The molecule has 0 fully saturated rings. The molecule has 0 aromatic carbocycles. The summed E-state index contributed by atoms with van der Waals surface area (Å²) < 4.78 is 0. The van der Waals surface area contributed by atoms with Gasteiger partial charge in [-0.1, -0.05) is 6.92 Å². The molecule has 0 aromatic rings. The van der Waals surface area contributed by atoms with Gasteiger partial charge in [-0.2, -0.15) is 12.6 Å². The largest absolute Gasteiger partial charge is 0.293 e. The highest BCUT2D eigenvalue weighted by Crippen LogP contribution is 2.14. The Morgan fingerprint density at radius 3 is 1.88 bits per heavy atom. The van der Waals surface area contributed by atoms with Crippen molar-refractivity contribution < 1.29 is 0 Å². The maximum Gasteiger partial charge on any atom is 0.0580 e. The van der Waals surface area contributed by atoms with Crippen LogP contribution in [0.3, 0.4) is 0 Å². The van der Waals surface area contributed by atoms with Crippen molar-refractivity contribution in [1.82, 2.24) is 4.90 Å². The van der Waals surface area contributed by atoms with E-state index in [1.807, 2.05) is 0 Å². The normalized spacial score (nSPS) is 12.8. The molecule has 0 amide bonds. The van der Waals surface area contributed by atoms with Crippen molar-refractivity contribution in [2.24, 2.45) is 0 Å². The zero-order chi connectivity index (χ0) is 6.78. The first kappa shape index (κ1) is 8.31. The fourth-order valence-electron chi connectivity index (χ4n) is 0.387. The monoisotopic (exact) mass is 133 g/mol. The van der Waals surface area contributed by atoms with Crippen molar-refractivity contribution >= 4 is 12.6 Å². The first-order chi connectivity index (χ1) is 3.48. The molecule has 2 heteroatoms. The lowest BCUT2D eigenvalue weighted by molar-refractivity contribution is 0.259. The molecule has 0 unspecified atom stereocenters. The summed E-state index contributed by atoms with van der Waals surface area (Å²) in [6.45, 7) is 7.34. The first-order valence-corrected chi connectivity index (χ1v) is 3.36. The first-order valence-electron chi connectivity index (χ1n) is 2.92. The Labute approximate surface area is 57.5 Å². The molecule has 0 aromatic heterocycles. The van der Waals surface area contributed by atoms with E-state index < -0.39 is 0 Å². The highest BCUT2D eigenvalue weighted by molar-refractivity contribution is 7.81. The predicted octanol–water partition coefficient (Wildman–Crippen LogP) is 1.60. The zero-order valence-electron chi connectivity index (χ0n) is 6.10. The Bertz CT molecular complexity index is 65.4. The van der Waals surface area contributed by atoms with Gasteiger partial charge in [0.05, 0.1) is 4.87 Å². The highest BCUT2D eigenvalue weighted by Gasteiger charge is 2.14. The molecule has 50 valence electrons. The van der Waals surface area contributed by atoms with Crippen LogP contribution in [0.25, 0.3) is 0 Å². The Kier molecular flexibility index (Phi) is 2.84. The van der Waals surface area contributed by atoms with Crippen LogP contribution in [-0.2, 0) is 0 Å². The summed E-state index contributed by atoms with van der Waals surface area (Å²) >= 11 is 4.36. The quantitative estimate of drug-likeness (QED) is 0.442. The average molecular weight is 133 g/mol. The van der Waals surface area contributed by atoms with E-state index >= 15 is 0 Å². The molecule has 0 saturated heterocycles. The van der Waals surface area contributed by atoms with Crippen LogP contribution in [-0.4, -0.2) is 23.4 Å². The van der Waals surface area contributed by atoms with Crippen LogP contribution in [0.15, 0.2) is 0 Å². The second-order valence-electron chi connectivity index (χ2n) is 2.51. The zero-order valence-corrected chi connectivity index (χ0v) is 7.00. The third-order valence-electron chi connectivity index (χ3n) is 1.41. The second-order valence-corrected chi connectivity index (χ2v) is 3.60. The van der Waals surface area contributed by atoms with Crippen LogP contribution in [0, 0.1) is 0 Å². The van der Waals surface area contributed by atoms with Crippen molar-refractivity contribution in [2.75, 3.05) is 13.6 Å². The molecule has 0 aliphatic rings. The number of nitrogens with zero attached hydrogens (tertiary/aromatic N) is 1. The summed E-state index contributed by atoms with van der Waals surface area (Å²) in [5.74, 6) is 0. The third-order valence-corrected chi connectivity index (χ3v) is 1.75. The summed E-state index contributed by atoms with van der Waals surface area (Å²) in [6.07, 6.45) is 0. The Morgan fingerprint density at radius 2 is 1.88 bits per heavy atom. The van der Waals surface area contributed by atoms with Crippen molar-refractivity contribution in [3.63, 3.8) is 0 Å². The molecule has 1 nitrogen and oxygen atoms in total. The van der Waals surface area contributed by atoms with Gasteiger partial charge < -0.3 is 0 Å². The van der Waals surface area contributed by atoms with E-state index in [1.165, 1.54) is 0 Å². The van der Waals surface area contributed by atoms with Crippen LogP contribution >= 0.6 is 12.6 Å². The molecule has 0 aliphatic carbocycles. The minimum Gasteiger partial charge on any atom is -0.293 e. The van der Waals surface area contributed by atoms with Gasteiger partial charge in [0, 0.05) is 0 Å². The lowest BCUT2D eigenvalue weighted by Gasteiger charge is -2.29. The van der Waals surface area contributed by atoms with Crippen molar-refractivity contribution in [3.05, 3.63) is 0 Å². The number of thiol groups is 1. The molecule has 0 saturated carbocycles. The molecule has 0 rings (SSSR count). The molecule has 0 radical (unpaired) electrons. The van der Waals surface area contributed by atoms with Crippen LogP contribution in [0.4, 0.5) is 0 Å². The van der Waals surface area contributed by atoms with Gasteiger partial charge in [-0.25, -0.2) is 0 Å². The minimum absolute atomic E-state index is 0.0365. The van der Waals surface area contributed by atoms with Gasteiger partial charge in [0.2, 0.25) is 0 Å². The number of hydrogen-bond donors (Lipinski definition) is 1. The van der Waals surface area contributed by atoms with E-state index in [9.17, 15) is 0 Å². The fourth-order valence-corrected chi connectivity index (χ4v) is 0.528. The molecular formula is C6H15NS. The smallest absolute Gasteiger partial charge is 0.0580 e. The van der Waals surface area contributed by atoms with E-state index in [0.29, 0.717) is 0 Å². The number of hydrogen-bond acceptors (Lipinski definition) is 2. The maximum atomic E-state index is 4.36. The SMILES string of the molecule is CCN(C)C(C)(C)S. The lowest BCUT2D eigenvalue weighted by atomic mass is 10.3. The summed E-state index contributed by atoms with van der Waals surface area (Å²) in [6, 6.07) is 0. The van der Waals surface area contributed by atoms with Crippen LogP contribution in [0.1, 0.15) is 20.8 Å². The maximum absolute atomic E-state index is 4.36. The minimum atomic E-state index is 0.0365.